The molecule has 0 aliphatic heterocycles. The molecule has 2 aromatic heterocycles. The van der Waals surface area contributed by atoms with Crippen LogP contribution in [0.5, 0.6) is 0 Å². The number of carbonyl (C=O) groups excluding carboxylic acids is 3. The van der Waals surface area contributed by atoms with Gasteiger partial charge in [-0.15, -0.1) is 0 Å². The average molecular weight is 977 g/mol. The molecule has 0 bridgehead atoms. The molecule has 2 heterocycles. The number of rotatable bonds is 10. The second kappa shape index (κ2) is 16.0. The third-order valence-electron chi connectivity index (χ3n) is 10.6. The Kier molecular flexibility index (Phi) is 11.0. The zero-order chi connectivity index (χ0) is 47.8. The largest absolute Gasteiger partial charge is 0.340 e. The molecule has 0 aliphatic rings. The van der Waals surface area contributed by atoms with Gasteiger partial charge in [-0.3, -0.25) is 27.8 Å². The third-order valence-corrected chi connectivity index (χ3v) is 14.1. The molecule has 0 saturated heterocycles. The summed E-state index contributed by atoms with van der Waals surface area (Å²) in [7, 11) is -16.0. The first-order chi connectivity index (χ1) is 30.8. The fourth-order valence-corrected chi connectivity index (χ4v) is 9.93. The van der Waals surface area contributed by atoms with Gasteiger partial charge in [0.2, 0.25) is 0 Å². The molecule has 0 fully saturated rings. The molecule has 6 aromatic carbocycles. The summed E-state index contributed by atoms with van der Waals surface area (Å²) in [5.41, 5.74) is 2.23. The number of anilines is 4. The smallest absolute Gasteiger partial charge is 0.323 e. The van der Waals surface area contributed by atoms with Gasteiger partial charge in [-0.2, -0.15) is 33.7 Å². The van der Waals surface area contributed by atoms with Crippen molar-refractivity contribution >= 4 is 124 Å². The quantitative estimate of drug-likeness (QED) is 0.0717. The fraction of sp³-hybridized carbons (Fsp3) is 0.0488. The molecule has 0 unspecified atom stereocenters. The normalized spacial score (nSPS) is 12.5. The van der Waals surface area contributed by atoms with Gasteiger partial charge in [0, 0.05) is 80.2 Å². The van der Waals surface area contributed by atoms with Crippen molar-refractivity contribution in [2.45, 2.75) is 19.6 Å². The van der Waals surface area contributed by atoms with Crippen LogP contribution in [0.3, 0.4) is 0 Å². The van der Waals surface area contributed by atoms with E-state index in [0.29, 0.717) is 33.2 Å². The third kappa shape index (κ3) is 8.66. The van der Waals surface area contributed by atoms with E-state index in [9.17, 15) is 66.3 Å². The molecule has 0 atom stereocenters. The van der Waals surface area contributed by atoms with E-state index in [1.807, 2.05) is 0 Å². The van der Waals surface area contributed by atoms with E-state index in [2.05, 4.69) is 21.3 Å². The molecule has 0 aliphatic carbocycles. The summed E-state index contributed by atoms with van der Waals surface area (Å²) in [6.45, 7) is 0. The van der Waals surface area contributed by atoms with Crippen molar-refractivity contribution in [3.8, 4) is 0 Å². The number of hydrogen-bond donors (Lipinski definition) is 8. The molecular formula is C41H32N6O15S4. The fourth-order valence-electron chi connectivity index (χ4n) is 7.55. The molecule has 8 N–H and O–H groups in total. The van der Waals surface area contributed by atoms with Gasteiger partial charge in [-0.05, 0) is 97.1 Å². The molecule has 4 amide bonds. The summed E-state index contributed by atoms with van der Waals surface area (Å²) in [4.78, 5) is 37.8. The molecule has 0 saturated carbocycles. The van der Waals surface area contributed by atoms with Gasteiger partial charge >= 0.3 is 6.03 Å². The van der Waals surface area contributed by atoms with E-state index < -0.39 is 77.9 Å². The summed E-state index contributed by atoms with van der Waals surface area (Å²) in [6.07, 6.45) is 0. The summed E-state index contributed by atoms with van der Waals surface area (Å²) in [6, 6.07) is 22.5. The first kappa shape index (κ1) is 45.3. The number of nitrogens with zero attached hydrogens (tertiary/aromatic N) is 2. The number of amides is 4. The van der Waals surface area contributed by atoms with Crippen molar-refractivity contribution < 1.29 is 66.3 Å². The van der Waals surface area contributed by atoms with E-state index in [0.717, 1.165) is 36.4 Å². The Labute approximate surface area is 373 Å². The number of nitrogens with one attached hydrogen (secondary N) is 4. The summed E-state index contributed by atoms with van der Waals surface area (Å²) >= 11 is 0. The lowest BCUT2D eigenvalue weighted by molar-refractivity contribution is 0.101. The highest BCUT2D eigenvalue weighted by Crippen LogP contribution is 2.35. The Balaban J connectivity index is 0.987. The number of urea groups is 1. The minimum Gasteiger partial charge on any atom is -0.340 e. The van der Waals surface area contributed by atoms with E-state index in [4.69, 9.17) is 0 Å². The van der Waals surface area contributed by atoms with E-state index in [-0.39, 0.29) is 44.3 Å². The SMILES string of the molecule is Cn1c(C(=O)Nc2ccc(S(=O)(=O)O)c3cc(S(=O)(=O)O)ccc23)cc2cc(NC(=O)Nc3ccc4c(c3)cc(C(=O)Nc3ccc(S(=O)(=O)O)c5cc(S(=O)(=O)O)ccc35)n4C)ccc21. The summed E-state index contributed by atoms with van der Waals surface area (Å²) in [5.74, 6) is -1.31. The van der Waals surface area contributed by atoms with Crippen LogP contribution in [-0.2, 0) is 54.6 Å². The van der Waals surface area contributed by atoms with E-state index in [1.54, 1.807) is 59.6 Å². The topological polar surface area (TPSA) is 327 Å². The Morgan fingerprint density at radius 3 is 1.15 bits per heavy atom. The number of aryl methyl sites for hydroxylation is 2. The Bertz CT molecular complexity index is 3670. The summed E-state index contributed by atoms with van der Waals surface area (Å²) < 4.78 is 137. The van der Waals surface area contributed by atoms with Crippen molar-refractivity contribution in [3.05, 3.63) is 121 Å². The highest BCUT2D eigenvalue weighted by molar-refractivity contribution is 7.87. The van der Waals surface area contributed by atoms with Crippen molar-refractivity contribution in [3.63, 3.8) is 0 Å². The first-order valence-corrected chi connectivity index (χ1v) is 24.5. The average Bonchev–Trinajstić information content (AvgIpc) is 3.73. The van der Waals surface area contributed by atoms with Gasteiger partial charge in [-0.25, -0.2) is 4.79 Å². The maximum atomic E-state index is 13.6. The second-order valence-electron chi connectivity index (χ2n) is 14.7. The number of hydrogen-bond acceptors (Lipinski definition) is 11. The Morgan fingerprint density at radius 2 is 0.803 bits per heavy atom. The predicted molar refractivity (Wildman–Crippen MR) is 242 cm³/mol. The van der Waals surface area contributed by atoms with Crippen LogP contribution < -0.4 is 21.3 Å². The second-order valence-corrected chi connectivity index (χ2v) is 20.4. The molecule has 25 heteroatoms. The minimum absolute atomic E-state index is 0.0421. The maximum absolute atomic E-state index is 13.6. The lowest BCUT2D eigenvalue weighted by Crippen LogP contribution is -2.19. The zero-order valence-electron chi connectivity index (χ0n) is 33.7. The number of aromatic nitrogens is 2. The highest BCUT2D eigenvalue weighted by Gasteiger charge is 2.24. The minimum atomic E-state index is -4.85. The summed E-state index contributed by atoms with van der Waals surface area (Å²) in [5, 5.41) is 11.4. The van der Waals surface area contributed by atoms with Crippen LogP contribution in [0.1, 0.15) is 21.0 Å². The number of fused-ring (bicyclic) bond motifs is 4. The standard InChI is InChI=1S/C41H32N6O15S4/c1-46-33-11-3-23(15-21(33)17-35(46)39(48)44-31-9-13-37(65(57,58)59)29-19-25(63(51,52)53)5-7-27(29)31)42-41(50)43-24-4-12-34-22(16-24)18-36(47(34)2)40(49)45-32-10-14-38(66(60,61)62)30-20-26(64(54,55)56)6-8-28(30)32/h3-20H,1-2H3,(H,44,48)(H,45,49)(H2,42,43,50)(H,51,52,53)(H,54,55,56)(H,57,58,59)(H,60,61,62). The molecular weight excluding hydrogens is 945 g/mol. The van der Waals surface area contributed by atoms with Crippen molar-refractivity contribution in [1.29, 1.82) is 0 Å². The van der Waals surface area contributed by atoms with E-state index in [1.165, 1.54) is 36.4 Å². The van der Waals surface area contributed by atoms with Crippen LogP contribution in [0.2, 0.25) is 0 Å². The van der Waals surface area contributed by atoms with Crippen LogP contribution in [0.4, 0.5) is 27.5 Å². The van der Waals surface area contributed by atoms with Gasteiger partial charge in [0.05, 0.1) is 9.79 Å². The molecule has 66 heavy (non-hydrogen) atoms. The van der Waals surface area contributed by atoms with Crippen LogP contribution >= 0.6 is 0 Å². The maximum Gasteiger partial charge on any atom is 0.323 e. The van der Waals surface area contributed by atoms with Crippen LogP contribution in [0, 0.1) is 0 Å². The Morgan fingerprint density at radius 1 is 0.424 bits per heavy atom. The van der Waals surface area contributed by atoms with Crippen molar-refractivity contribution in [2.75, 3.05) is 21.3 Å². The van der Waals surface area contributed by atoms with Gasteiger partial charge in [0.1, 0.15) is 21.2 Å². The van der Waals surface area contributed by atoms with Gasteiger partial charge in [0.15, 0.2) is 0 Å². The molecule has 21 nitrogen and oxygen atoms in total. The number of benzene rings is 6. The molecule has 0 radical (unpaired) electrons. The molecule has 340 valence electrons. The highest BCUT2D eigenvalue weighted by atomic mass is 32.2. The molecule has 8 rings (SSSR count). The van der Waals surface area contributed by atoms with Gasteiger partial charge in [0.25, 0.3) is 52.3 Å². The molecule has 8 aromatic rings. The molecule has 0 spiro atoms. The Hall–Kier alpha value is -7.23. The van der Waals surface area contributed by atoms with Crippen molar-refractivity contribution in [2.24, 2.45) is 14.1 Å². The van der Waals surface area contributed by atoms with E-state index >= 15 is 0 Å². The first-order valence-electron chi connectivity index (χ1n) is 18.7. The lowest BCUT2D eigenvalue weighted by Gasteiger charge is -2.12. The van der Waals surface area contributed by atoms with Crippen LogP contribution in [0.15, 0.2) is 129 Å². The number of carbonyl (C=O) groups is 3. The van der Waals surface area contributed by atoms with Crippen LogP contribution in [0.25, 0.3) is 43.4 Å². The predicted octanol–water partition coefficient (Wildman–Crippen LogP) is 6.11. The van der Waals surface area contributed by atoms with Crippen molar-refractivity contribution in [1.82, 2.24) is 9.13 Å². The lowest BCUT2D eigenvalue weighted by atomic mass is 10.1. The van der Waals surface area contributed by atoms with Crippen LogP contribution in [-0.4, -0.2) is 78.9 Å². The monoisotopic (exact) mass is 976 g/mol. The zero-order valence-corrected chi connectivity index (χ0v) is 37.0. The van der Waals surface area contributed by atoms with Gasteiger partial charge in [-0.1, -0.05) is 12.1 Å². The van der Waals surface area contributed by atoms with Gasteiger partial charge < -0.3 is 30.4 Å².